The third-order valence-electron chi connectivity index (χ3n) is 3.90. The Balaban J connectivity index is 1.48. The average molecular weight is 294 g/mol. The molecule has 1 heterocycles. The van der Waals surface area contributed by atoms with Gasteiger partial charge in [-0.2, -0.15) is 5.10 Å². The van der Waals surface area contributed by atoms with Crippen LogP contribution >= 0.6 is 0 Å². The van der Waals surface area contributed by atoms with Crippen LogP contribution in [0, 0.1) is 13.8 Å². The summed E-state index contributed by atoms with van der Waals surface area (Å²) in [6.45, 7) is 5.89. The number of hydrogen-bond donors (Lipinski definition) is 0. The summed E-state index contributed by atoms with van der Waals surface area (Å²) in [6, 6.07) is 14.6. The highest BCUT2D eigenvalue weighted by molar-refractivity contribution is 5.78. The number of aryl methyl sites for hydroxylation is 3. The molecule has 3 heteroatoms. The summed E-state index contributed by atoms with van der Waals surface area (Å²) in [4.78, 5) is 0. The molecule has 0 aliphatic carbocycles. The van der Waals surface area contributed by atoms with E-state index >= 15 is 0 Å². The van der Waals surface area contributed by atoms with E-state index in [0.717, 1.165) is 31.7 Å². The Kier molecular flexibility index (Phi) is 4.42. The van der Waals surface area contributed by atoms with Crippen molar-refractivity contribution < 1.29 is 4.74 Å². The van der Waals surface area contributed by atoms with Crippen LogP contribution in [0.5, 0.6) is 5.75 Å². The van der Waals surface area contributed by atoms with Gasteiger partial charge < -0.3 is 4.74 Å². The van der Waals surface area contributed by atoms with Crippen LogP contribution in [0.25, 0.3) is 10.9 Å². The first kappa shape index (κ1) is 14.6. The number of hydrogen-bond acceptors (Lipinski definition) is 2. The number of para-hydroxylation sites is 1. The number of benzene rings is 2. The van der Waals surface area contributed by atoms with E-state index in [1.54, 1.807) is 0 Å². The van der Waals surface area contributed by atoms with Crippen molar-refractivity contribution in [3.05, 3.63) is 59.8 Å². The second-order valence-corrected chi connectivity index (χ2v) is 5.75. The number of rotatable bonds is 6. The second-order valence-electron chi connectivity index (χ2n) is 5.75. The molecule has 0 N–H and O–H groups in total. The van der Waals surface area contributed by atoms with Crippen molar-refractivity contribution in [3.63, 3.8) is 0 Å². The highest BCUT2D eigenvalue weighted by Gasteiger charge is 2.02. The SMILES string of the molecule is Cc1ccc(OCCCCn2ncc3ccccc32)c(C)c1. The van der Waals surface area contributed by atoms with Crippen LogP contribution in [-0.2, 0) is 6.54 Å². The molecule has 0 fully saturated rings. The third kappa shape index (κ3) is 3.30. The molecule has 1 aromatic heterocycles. The van der Waals surface area contributed by atoms with Gasteiger partial charge in [-0.1, -0.05) is 35.9 Å². The van der Waals surface area contributed by atoms with Gasteiger partial charge in [0, 0.05) is 11.9 Å². The largest absolute Gasteiger partial charge is 0.493 e. The summed E-state index contributed by atoms with van der Waals surface area (Å²) in [5, 5.41) is 5.65. The predicted octanol–water partition coefficient (Wildman–Crippen LogP) is 4.51. The Morgan fingerprint density at radius 2 is 1.91 bits per heavy atom. The third-order valence-corrected chi connectivity index (χ3v) is 3.90. The van der Waals surface area contributed by atoms with Gasteiger partial charge in [0.05, 0.1) is 18.3 Å². The molecule has 0 atom stereocenters. The number of aromatic nitrogens is 2. The Hall–Kier alpha value is -2.29. The van der Waals surface area contributed by atoms with Crippen molar-refractivity contribution in [2.45, 2.75) is 33.2 Å². The fraction of sp³-hybridized carbons (Fsp3) is 0.316. The van der Waals surface area contributed by atoms with Crippen molar-refractivity contribution in [3.8, 4) is 5.75 Å². The smallest absolute Gasteiger partial charge is 0.122 e. The maximum Gasteiger partial charge on any atom is 0.122 e. The van der Waals surface area contributed by atoms with Crippen LogP contribution in [0.4, 0.5) is 0 Å². The summed E-state index contributed by atoms with van der Waals surface area (Å²) in [7, 11) is 0. The zero-order chi connectivity index (χ0) is 15.4. The van der Waals surface area contributed by atoms with Gasteiger partial charge in [-0.25, -0.2) is 0 Å². The van der Waals surface area contributed by atoms with E-state index in [4.69, 9.17) is 4.74 Å². The Morgan fingerprint density at radius 3 is 2.77 bits per heavy atom. The number of unbranched alkanes of at least 4 members (excludes halogenated alkanes) is 1. The predicted molar refractivity (Wildman–Crippen MR) is 90.4 cm³/mol. The fourth-order valence-corrected chi connectivity index (χ4v) is 2.71. The number of fused-ring (bicyclic) bond motifs is 1. The fourth-order valence-electron chi connectivity index (χ4n) is 2.71. The van der Waals surface area contributed by atoms with Crippen LogP contribution < -0.4 is 4.74 Å². The molecule has 0 spiro atoms. The molecule has 114 valence electrons. The summed E-state index contributed by atoms with van der Waals surface area (Å²) in [5.41, 5.74) is 3.69. The van der Waals surface area contributed by atoms with Crippen molar-refractivity contribution >= 4 is 10.9 Å². The number of ether oxygens (including phenoxy) is 1. The lowest BCUT2D eigenvalue weighted by Gasteiger charge is -2.10. The summed E-state index contributed by atoms with van der Waals surface area (Å²) < 4.78 is 7.94. The quantitative estimate of drug-likeness (QED) is 0.625. The summed E-state index contributed by atoms with van der Waals surface area (Å²) >= 11 is 0. The topological polar surface area (TPSA) is 27.1 Å². The lowest BCUT2D eigenvalue weighted by molar-refractivity contribution is 0.300. The molecule has 3 rings (SSSR count). The lowest BCUT2D eigenvalue weighted by atomic mass is 10.1. The normalized spacial score (nSPS) is 11.0. The molecule has 22 heavy (non-hydrogen) atoms. The van der Waals surface area contributed by atoms with Crippen LogP contribution in [0.1, 0.15) is 24.0 Å². The van der Waals surface area contributed by atoms with Gasteiger partial charge in [-0.3, -0.25) is 4.68 Å². The minimum absolute atomic E-state index is 0.753. The van der Waals surface area contributed by atoms with Gasteiger partial charge in [-0.05, 0) is 44.4 Å². The molecule has 0 unspecified atom stereocenters. The van der Waals surface area contributed by atoms with Gasteiger partial charge in [0.15, 0.2) is 0 Å². The average Bonchev–Trinajstić information content (AvgIpc) is 2.92. The first-order chi connectivity index (χ1) is 10.7. The standard InChI is InChI=1S/C19H22N2O/c1-15-9-10-19(16(2)13-15)22-12-6-5-11-21-18-8-4-3-7-17(18)14-20-21/h3-4,7-10,13-14H,5-6,11-12H2,1-2H3. The summed E-state index contributed by atoms with van der Waals surface area (Å²) in [6.07, 6.45) is 4.03. The van der Waals surface area contributed by atoms with Gasteiger partial charge in [0.1, 0.15) is 5.75 Å². The molecular weight excluding hydrogens is 272 g/mol. The maximum absolute atomic E-state index is 5.87. The number of nitrogens with zero attached hydrogens (tertiary/aromatic N) is 2. The second kappa shape index (κ2) is 6.65. The van der Waals surface area contributed by atoms with Crippen molar-refractivity contribution in [2.75, 3.05) is 6.61 Å². The maximum atomic E-state index is 5.87. The van der Waals surface area contributed by atoms with E-state index in [1.165, 1.54) is 22.0 Å². The monoisotopic (exact) mass is 294 g/mol. The molecule has 0 aliphatic heterocycles. The molecule has 2 aromatic carbocycles. The zero-order valence-corrected chi connectivity index (χ0v) is 13.2. The minimum atomic E-state index is 0.753. The first-order valence-electron chi connectivity index (χ1n) is 7.84. The van der Waals surface area contributed by atoms with Gasteiger partial charge in [0.2, 0.25) is 0 Å². The Bertz CT molecular complexity index is 761. The highest BCUT2D eigenvalue weighted by Crippen LogP contribution is 2.19. The Labute approximate surface area is 131 Å². The van der Waals surface area contributed by atoms with Crippen LogP contribution in [0.15, 0.2) is 48.7 Å². The van der Waals surface area contributed by atoms with E-state index in [-0.39, 0.29) is 0 Å². The molecule has 0 saturated heterocycles. The van der Waals surface area contributed by atoms with E-state index in [2.05, 4.69) is 60.0 Å². The van der Waals surface area contributed by atoms with Crippen LogP contribution in [0.3, 0.4) is 0 Å². The molecule has 0 aliphatic rings. The molecule has 0 saturated carbocycles. The van der Waals surface area contributed by atoms with Crippen LogP contribution in [0.2, 0.25) is 0 Å². The molecule has 0 radical (unpaired) electrons. The van der Waals surface area contributed by atoms with Gasteiger partial charge in [0.25, 0.3) is 0 Å². The summed E-state index contributed by atoms with van der Waals surface area (Å²) in [5.74, 6) is 0.995. The molecule has 0 bridgehead atoms. The molecule has 0 amide bonds. The van der Waals surface area contributed by atoms with E-state index in [1.807, 2.05) is 12.3 Å². The lowest BCUT2D eigenvalue weighted by Crippen LogP contribution is -2.04. The van der Waals surface area contributed by atoms with Gasteiger partial charge in [-0.15, -0.1) is 0 Å². The molecular formula is C19H22N2O. The van der Waals surface area contributed by atoms with Crippen molar-refractivity contribution in [1.29, 1.82) is 0 Å². The molecule has 3 aromatic rings. The van der Waals surface area contributed by atoms with Gasteiger partial charge >= 0.3 is 0 Å². The molecule has 3 nitrogen and oxygen atoms in total. The van der Waals surface area contributed by atoms with E-state index in [9.17, 15) is 0 Å². The van der Waals surface area contributed by atoms with E-state index in [0.29, 0.717) is 0 Å². The minimum Gasteiger partial charge on any atom is -0.493 e. The van der Waals surface area contributed by atoms with Crippen molar-refractivity contribution in [2.24, 2.45) is 0 Å². The van der Waals surface area contributed by atoms with Crippen molar-refractivity contribution in [1.82, 2.24) is 9.78 Å². The highest BCUT2D eigenvalue weighted by atomic mass is 16.5. The first-order valence-corrected chi connectivity index (χ1v) is 7.84. The van der Waals surface area contributed by atoms with E-state index < -0.39 is 0 Å². The zero-order valence-electron chi connectivity index (χ0n) is 13.2. The Morgan fingerprint density at radius 1 is 1.05 bits per heavy atom. The van der Waals surface area contributed by atoms with Crippen LogP contribution in [-0.4, -0.2) is 16.4 Å².